The molecule has 0 atom stereocenters. The number of benzene rings is 2. The summed E-state index contributed by atoms with van der Waals surface area (Å²) in [5.41, 5.74) is 6.86. The van der Waals surface area contributed by atoms with E-state index in [1.54, 1.807) is 37.4 Å². The van der Waals surface area contributed by atoms with E-state index >= 15 is 0 Å². The van der Waals surface area contributed by atoms with E-state index in [4.69, 9.17) is 20.5 Å². The highest BCUT2D eigenvalue weighted by atomic mass is 127. The Morgan fingerprint density at radius 2 is 1.89 bits per heavy atom. The molecule has 0 spiro atoms. The Morgan fingerprint density at radius 1 is 1.16 bits per heavy atom. The normalized spacial score (nSPS) is 9.74. The van der Waals surface area contributed by atoms with E-state index in [-0.39, 0.29) is 0 Å². The summed E-state index contributed by atoms with van der Waals surface area (Å²) in [6.45, 7) is 0. The molecule has 0 aromatic heterocycles. The molecule has 2 N–H and O–H groups in total. The average molecular weight is 366 g/mol. The molecule has 0 saturated heterocycles. The van der Waals surface area contributed by atoms with Gasteiger partial charge in [0.2, 0.25) is 0 Å². The Labute approximate surface area is 124 Å². The van der Waals surface area contributed by atoms with Crippen LogP contribution in [0.25, 0.3) is 0 Å². The van der Waals surface area contributed by atoms with Crippen LogP contribution in [0.15, 0.2) is 36.4 Å². The Morgan fingerprint density at radius 3 is 2.53 bits per heavy atom. The van der Waals surface area contributed by atoms with Crippen molar-refractivity contribution < 1.29 is 9.47 Å². The van der Waals surface area contributed by atoms with Crippen molar-refractivity contribution in [2.24, 2.45) is 0 Å². The van der Waals surface area contributed by atoms with Gasteiger partial charge in [-0.3, -0.25) is 0 Å². The van der Waals surface area contributed by atoms with E-state index in [1.807, 2.05) is 6.07 Å². The van der Waals surface area contributed by atoms with E-state index in [9.17, 15) is 0 Å². The highest BCUT2D eigenvalue weighted by Gasteiger charge is 2.06. The molecule has 0 saturated carbocycles. The van der Waals surface area contributed by atoms with Crippen LogP contribution in [0, 0.1) is 14.9 Å². The number of nitrogen functional groups attached to an aromatic ring is 1. The van der Waals surface area contributed by atoms with Gasteiger partial charge in [-0.15, -0.1) is 0 Å². The van der Waals surface area contributed by atoms with Crippen molar-refractivity contribution in [1.29, 1.82) is 5.26 Å². The fourth-order valence-corrected chi connectivity index (χ4v) is 2.19. The second kappa shape index (κ2) is 5.80. The van der Waals surface area contributed by atoms with Gasteiger partial charge in [-0.25, -0.2) is 0 Å². The lowest BCUT2D eigenvalue weighted by Crippen LogP contribution is -1.92. The summed E-state index contributed by atoms with van der Waals surface area (Å²) < 4.78 is 11.8. The molecule has 2 aromatic rings. The molecule has 0 unspecified atom stereocenters. The van der Waals surface area contributed by atoms with Gasteiger partial charge in [-0.2, -0.15) is 5.26 Å². The number of hydrogen-bond donors (Lipinski definition) is 1. The number of hydrogen-bond acceptors (Lipinski definition) is 4. The molecule has 0 aliphatic rings. The fraction of sp³-hybridized carbons (Fsp3) is 0.0714. The molecule has 2 rings (SSSR count). The van der Waals surface area contributed by atoms with Crippen LogP contribution in [0.1, 0.15) is 5.56 Å². The van der Waals surface area contributed by atoms with Gasteiger partial charge in [0.15, 0.2) is 0 Å². The largest absolute Gasteiger partial charge is 0.497 e. The van der Waals surface area contributed by atoms with Gasteiger partial charge >= 0.3 is 0 Å². The summed E-state index contributed by atoms with van der Waals surface area (Å²) in [6.07, 6.45) is 0. The maximum atomic E-state index is 8.96. The van der Waals surface area contributed by atoms with Gasteiger partial charge in [0.05, 0.1) is 22.3 Å². The first-order chi connectivity index (χ1) is 9.12. The molecule has 0 aliphatic heterocycles. The summed E-state index contributed by atoms with van der Waals surface area (Å²) in [6, 6.07) is 12.5. The van der Waals surface area contributed by atoms with Gasteiger partial charge in [-0.1, -0.05) is 0 Å². The quantitative estimate of drug-likeness (QED) is 0.667. The molecule has 0 fully saturated rings. The molecule has 2 aromatic carbocycles. The van der Waals surface area contributed by atoms with E-state index in [1.165, 1.54) is 0 Å². The lowest BCUT2D eigenvalue weighted by molar-refractivity contribution is 0.408. The Balaban J connectivity index is 2.35. The van der Waals surface area contributed by atoms with Crippen molar-refractivity contribution in [3.05, 3.63) is 45.5 Å². The summed E-state index contributed by atoms with van der Waals surface area (Å²) in [5, 5.41) is 8.96. The number of nitrogens with zero attached hydrogens (tertiary/aromatic N) is 1. The maximum Gasteiger partial charge on any atom is 0.140 e. The van der Waals surface area contributed by atoms with Crippen molar-refractivity contribution in [1.82, 2.24) is 0 Å². The summed E-state index contributed by atoms with van der Waals surface area (Å²) in [7, 11) is 1.55. The Hall–Kier alpha value is -1.94. The number of halogens is 1. The van der Waals surface area contributed by atoms with Gasteiger partial charge in [0, 0.05) is 11.8 Å². The van der Waals surface area contributed by atoms with Gasteiger partial charge < -0.3 is 15.2 Å². The van der Waals surface area contributed by atoms with Crippen LogP contribution in [0.5, 0.6) is 17.2 Å². The minimum Gasteiger partial charge on any atom is -0.497 e. The number of ether oxygens (including phenoxy) is 2. The van der Waals surface area contributed by atoms with Crippen LogP contribution in [0.2, 0.25) is 0 Å². The van der Waals surface area contributed by atoms with E-state index in [0.717, 1.165) is 3.57 Å². The maximum absolute atomic E-state index is 8.96. The van der Waals surface area contributed by atoms with Crippen LogP contribution >= 0.6 is 22.6 Å². The predicted molar refractivity (Wildman–Crippen MR) is 81.4 cm³/mol. The summed E-state index contributed by atoms with van der Waals surface area (Å²) in [4.78, 5) is 0. The first-order valence-corrected chi connectivity index (χ1v) is 6.52. The van der Waals surface area contributed by atoms with Crippen LogP contribution < -0.4 is 15.2 Å². The molecule has 19 heavy (non-hydrogen) atoms. The minimum absolute atomic E-state index is 0.486. The molecule has 4 nitrogen and oxygen atoms in total. The first-order valence-electron chi connectivity index (χ1n) is 5.44. The highest BCUT2D eigenvalue weighted by Crippen LogP contribution is 2.31. The van der Waals surface area contributed by atoms with Crippen LogP contribution in [0.3, 0.4) is 0 Å². The topological polar surface area (TPSA) is 68.3 Å². The van der Waals surface area contributed by atoms with Crippen molar-refractivity contribution in [2.75, 3.05) is 12.8 Å². The van der Waals surface area contributed by atoms with E-state index in [2.05, 4.69) is 28.7 Å². The van der Waals surface area contributed by atoms with Crippen LogP contribution in [0.4, 0.5) is 5.69 Å². The molecule has 0 amide bonds. The summed E-state index contributed by atoms with van der Waals surface area (Å²) >= 11 is 2.15. The monoisotopic (exact) mass is 366 g/mol. The van der Waals surface area contributed by atoms with Gasteiger partial charge in [-0.05, 0) is 52.9 Å². The van der Waals surface area contributed by atoms with Crippen molar-refractivity contribution >= 4 is 28.3 Å². The molecule has 0 bridgehead atoms. The average Bonchev–Trinajstić information content (AvgIpc) is 2.41. The standard InChI is InChI=1S/C14H11IN2O2/c1-18-11-4-9(8-16)5-12(7-11)19-14-3-2-10(17)6-13(14)15/h2-7H,17H2,1H3. The first kappa shape index (κ1) is 13.5. The van der Waals surface area contributed by atoms with E-state index in [0.29, 0.717) is 28.5 Å². The second-order valence-corrected chi connectivity index (χ2v) is 4.96. The van der Waals surface area contributed by atoms with Crippen molar-refractivity contribution in [3.8, 4) is 23.3 Å². The number of nitrogens with two attached hydrogens (primary N) is 1. The number of nitriles is 1. The molecule has 96 valence electrons. The minimum atomic E-state index is 0.486. The zero-order valence-corrected chi connectivity index (χ0v) is 12.3. The Bertz CT molecular complexity index is 650. The molecular formula is C14H11IN2O2. The summed E-state index contributed by atoms with van der Waals surface area (Å²) in [5.74, 6) is 1.82. The highest BCUT2D eigenvalue weighted by molar-refractivity contribution is 14.1. The number of anilines is 1. The lowest BCUT2D eigenvalue weighted by atomic mass is 10.2. The fourth-order valence-electron chi connectivity index (χ4n) is 1.54. The molecule has 0 aliphatic carbocycles. The third-order valence-corrected chi connectivity index (χ3v) is 3.27. The zero-order chi connectivity index (χ0) is 13.8. The van der Waals surface area contributed by atoms with Crippen LogP contribution in [-0.4, -0.2) is 7.11 Å². The van der Waals surface area contributed by atoms with Crippen molar-refractivity contribution in [3.63, 3.8) is 0 Å². The van der Waals surface area contributed by atoms with Crippen molar-refractivity contribution in [2.45, 2.75) is 0 Å². The smallest absolute Gasteiger partial charge is 0.140 e. The SMILES string of the molecule is COc1cc(C#N)cc(Oc2ccc(N)cc2I)c1. The third kappa shape index (κ3) is 3.29. The predicted octanol–water partition coefficient (Wildman–Crippen LogP) is 3.55. The van der Waals surface area contributed by atoms with E-state index < -0.39 is 0 Å². The zero-order valence-electron chi connectivity index (χ0n) is 10.2. The molecule has 0 radical (unpaired) electrons. The molecule has 0 heterocycles. The molecular weight excluding hydrogens is 355 g/mol. The third-order valence-electron chi connectivity index (χ3n) is 2.43. The number of methoxy groups -OCH3 is 1. The molecule has 5 heteroatoms. The van der Waals surface area contributed by atoms with Gasteiger partial charge in [0.25, 0.3) is 0 Å². The van der Waals surface area contributed by atoms with Crippen LogP contribution in [-0.2, 0) is 0 Å². The van der Waals surface area contributed by atoms with Gasteiger partial charge in [0.1, 0.15) is 17.2 Å². The second-order valence-electron chi connectivity index (χ2n) is 3.80. The lowest BCUT2D eigenvalue weighted by Gasteiger charge is -2.10. The Kier molecular flexibility index (Phi) is 4.12. The number of rotatable bonds is 3.